The van der Waals surface area contributed by atoms with E-state index >= 15 is 0 Å². The predicted octanol–water partition coefficient (Wildman–Crippen LogP) is 2.38. The van der Waals surface area contributed by atoms with Crippen LogP contribution in [0.25, 0.3) is 0 Å². The Morgan fingerprint density at radius 3 is 2.71 bits per heavy atom. The van der Waals surface area contributed by atoms with Gasteiger partial charge in [0, 0.05) is 18.5 Å². The van der Waals surface area contributed by atoms with Crippen LogP contribution < -0.4 is 5.32 Å². The van der Waals surface area contributed by atoms with Gasteiger partial charge in [0.25, 0.3) is 5.91 Å². The Kier molecular flexibility index (Phi) is 5.13. The molecule has 0 saturated heterocycles. The van der Waals surface area contributed by atoms with Gasteiger partial charge in [-0.1, -0.05) is 26.3 Å². The van der Waals surface area contributed by atoms with Crippen molar-refractivity contribution in [2.24, 2.45) is 5.92 Å². The summed E-state index contributed by atoms with van der Waals surface area (Å²) in [5, 5.41) is 2.79. The molecule has 1 aliphatic carbocycles. The zero-order chi connectivity index (χ0) is 12.8. The predicted molar refractivity (Wildman–Crippen MR) is 68.5 cm³/mol. The molecule has 0 saturated carbocycles. The highest BCUT2D eigenvalue weighted by Crippen LogP contribution is 2.21. The zero-order valence-electron chi connectivity index (χ0n) is 10.9. The molecule has 0 heterocycles. The maximum absolute atomic E-state index is 11.8. The first-order valence-electron chi connectivity index (χ1n) is 6.25. The quantitative estimate of drug-likeness (QED) is 0.795. The normalized spacial score (nSPS) is 15.6. The number of nitrogens with one attached hydrogen (secondary N) is 1. The van der Waals surface area contributed by atoms with E-state index in [2.05, 4.69) is 19.2 Å². The molecular formula is C14H21NO2. The van der Waals surface area contributed by atoms with Crippen LogP contribution in [-0.4, -0.2) is 18.2 Å². The maximum Gasteiger partial charge on any atom is 0.251 e. The van der Waals surface area contributed by atoms with E-state index in [0.717, 1.165) is 18.4 Å². The van der Waals surface area contributed by atoms with Gasteiger partial charge in [0.05, 0.1) is 0 Å². The van der Waals surface area contributed by atoms with E-state index in [0.29, 0.717) is 24.5 Å². The van der Waals surface area contributed by atoms with Gasteiger partial charge < -0.3 is 5.32 Å². The second-order valence-electron chi connectivity index (χ2n) is 4.90. The molecule has 0 spiro atoms. The zero-order valence-corrected chi connectivity index (χ0v) is 10.9. The van der Waals surface area contributed by atoms with Gasteiger partial charge in [-0.3, -0.25) is 9.59 Å². The van der Waals surface area contributed by atoms with Crippen molar-refractivity contribution in [3.8, 4) is 0 Å². The van der Waals surface area contributed by atoms with Crippen LogP contribution in [0.4, 0.5) is 0 Å². The van der Waals surface area contributed by atoms with E-state index in [1.54, 1.807) is 0 Å². The summed E-state index contributed by atoms with van der Waals surface area (Å²) >= 11 is 0. The van der Waals surface area contributed by atoms with Gasteiger partial charge in [-0.15, -0.1) is 0 Å². The minimum absolute atomic E-state index is 0.0322. The van der Waals surface area contributed by atoms with Crippen LogP contribution in [0, 0.1) is 5.92 Å². The van der Waals surface area contributed by atoms with Gasteiger partial charge in [-0.25, -0.2) is 0 Å². The second kappa shape index (κ2) is 6.38. The highest BCUT2D eigenvalue weighted by atomic mass is 16.2. The highest BCUT2D eigenvalue weighted by molar-refractivity contribution is 6.06. The standard InChI is InChI=1S/C14H21NO2/c1-4-5-15-14(17)12-7-11(6-10(2)3)8-13(16)9-12/h7,9-10H,4-6,8H2,1-3H3,(H,15,17). The van der Waals surface area contributed by atoms with Crippen LogP contribution in [0.5, 0.6) is 0 Å². The molecule has 3 nitrogen and oxygen atoms in total. The van der Waals surface area contributed by atoms with Crippen molar-refractivity contribution < 1.29 is 9.59 Å². The van der Waals surface area contributed by atoms with Gasteiger partial charge in [0.1, 0.15) is 0 Å². The third-order valence-corrected chi connectivity index (χ3v) is 2.55. The number of ketones is 1. The first-order valence-corrected chi connectivity index (χ1v) is 6.25. The largest absolute Gasteiger partial charge is 0.352 e. The molecule has 1 N–H and O–H groups in total. The van der Waals surface area contributed by atoms with E-state index in [1.165, 1.54) is 6.08 Å². The summed E-state index contributed by atoms with van der Waals surface area (Å²) in [6.45, 7) is 6.87. The lowest BCUT2D eigenvalue weighted by Gasteiger charge is -2.14. The molecule has 1 aliphatic rings. The van der Waals surface area contributed by atoms with E-state index in [4.69, 9.17) is 0 Å². The Balaban J connectivity index is 2.73. The summed E-state index contributed by atoms with van der Waals surface area (Å²) in [4.78, 5) is 23.3. The maximum atomic E-state index is 11.8. The summed E-state index contributed by atoms with van der Waals surface area (Å²) in [7, 11) is 0. The molecule has 0 radical (unpaired) electrons. The van der Waals surface area contributed by atoms with E-state index in [9.17, 15) is 9.59 Å². The molecule has 0 aromatic carbocycles. The van der Waals surface area contributed by atoms with Crippen LogP contribution >= 0.6 is 0 Å². The van der Waals surface area contributed by atoms with Crippen molar-refractivity contribution in [2.75, 3.05) is 6.54 Å². The Morgan fingerprint density at radius 2 is 2.12 bits per heavy atom. The molecular weight excluding hydrogens is 214 g/mol. The Morgan fingerprint density at radius 1 is 1.41 bits per heavy atom. The van der Waals surface area contributed by atoms with E-state index < -0.39 is 0 Å². The number of allylic oxidation sites excluding steroid dienone is 2. The monoisotopic (exact) mass is 235 g/mol. The second-order valence-corrected chi connectivity index (χ2v) is 4.90. The molecule has 1 rings (SSSR count). The van der Waals surface area contributed by atoms with Crippen molar-refractivity contribution in [1.82, 2.24) is 5.32 Å². The van der Waals surface area contributed by atoms with Crippen molar-refractivity contribution in [1.29, 1.82) is 0 Å². The summed E-state index contributed by atoms with van der Waals surface area (Å²) in [5.74, 6) is 0.401. The third kappa shape index (κ3) is 4.55. The van der Waals surface area contributed by atoms with Gasteiger partial charge >= 0.3 is 0 Å². The number of carbonyl (C=O) groups excluding carboxylic acids is 2. The fourth-order valence-electron chi connectivity index (χ4n) is 1.89. The fourth-order valence-corrected chi connectivity index (χ4v) is 1.89. The number of carbonyl (C=O) groups is 2. The molecule has 0 unspecified atom stereocenters. The Labute approximate surface area is 103 Å². The number of rotatable bonds is 5. The minimum atomic E-state index is -0.138. The molecule has 0 aromatic heterocycles. The molecule has 0 aliphatic heterocycles. The summed E-state index contributed by atoms with van der Waals surface area (Å²) in [6.07, 6.45) is 5.56. The highest BCUT2D eigenvalue weighted by Gasteiger charge is 2.17. The van der Waals surface area contributed by atoms with Gasteiger partial charge in [0.15, 0.2) is 5.78 Å². The lowest BCUT2D eigenvalue weighted by Crippen LogP contribution is -2.26. The molecule has 17 heavy (non-hydrogen) atoms. The van der Waals surface area contributed by atoms with Crippen molar-refractivity contribution >= 4 is 11.7 Å². The van der Waals surface area contributed by atoms with E-state index in [-0.39, 0.29) is 11.7 Å². The summed E-state index contributed by atoms with van der Waals surface area (Å²) in [5.41, 5.74) is 1.57. The molecule has 1 amide bonds. The van der Waals surface area contributed by atoms with Gasteiger partial charge in [0.2, 0.25) is 0 Å². The average Bonchev–Trinajstić information content (AvgIpc) is 2.24. The SMILES string of the molecule is CCCNC(=O)C1=CC(=O)CC(CC(C)C)=C1. The average molecular weight is 235 g/mol. The Hall–Kier alpha value is -1.38. The molecule has 0 bridgehead atoms. The van der Waals surface area contributed by atoms with Crippen LogP contribution in [0.3, 0.4) is 0 Å². The smallest absolute Gasteiger partial charge is 0.251 e. The van der Waals surface area contributed by atoms with Gasteiger partial charge in [-0.05, 0) is 30.9 Å². The number of hydrogen-bond acceptors (Lipinski definition) is 2. The minimum Gasteiger partial charge on any atom is -0.352 e. The van der Waals surface area contributed by atoms with Crippen LogP contribution in [0.2, 0.25) is 0 Å². The number of amides is 1. The molecule has 94 valence electrons. The fraction of sp³-hybridized carbons (Fsp3) is 0.571. The molecule has 0 aromatic rings. The summed E-state index contributed by atoms with van der Waals surface area (Å²) < 4.78 is 0. The molecule has 0 fully saturated rings. The van der Waals surface area contributed by atoms with Gasteiger partial charge in [-0.2, -0.15) is 0 Å². The summed E-state index contributed by atoms with van der Waals surface area (Å²) in [6, 6.07) is 0. The van der Waals surface area contributed by atoms with E-state index in [1.807, 2.05) is 13.0 Å². The van der Waals surface area contributed by atoms with Crippen LogP contribution in [-0.2, 0) is 9.59 Å². The lowest BCUT2D eigenvalue weighted by atomic mass is 9.92. The van der Waals surface area contributed by atoms with Crippen molar-refractivity contribution in [2.45, 2.75) is 40.0 Å². The lowest BCUT2D eigenvalue weighted by molar-refractivity contribution is -0.118. The topological polar surface area (TPSA) is 46.2 Å². The van der Waals surface area contributed by atoms with Crippen molar-refractivity contribution in [3.63, 3.8) is 0 Å². The molecule has 3 heteroatoms. The third-order valence-electron chi connectivity index (χ3n) is 2.55. The van der Waals surface area contributed by atoms with Crippen LogP contribution in [0.1, 0.15) is 40.0 Å². The molecule has 0 atom stereocenters. The van der Waals surface area contributed by atoms with Crippen molar-refractivity contribution in [3.05, 3.63) is 23.3 Å². The number of hydrogen-bond donors (Lipinski definition) is 1. The Bertz CT molecular complexity index is 364. The first kappa shape index (κ1) is 13.7. The van der Waals surface area contributed by atoms with Crippen LogP contribution in [0.15, 0.2) is 23.3 Å². The first-order chi connectivity index (χ1) is 8.02.